The standard InChI is InChI=1S/C15H18ClN3O.C13H15ClN4O/c1-11-8-17-18(9-11)10-19(15(20)13(3)16)14-7-5-4-6-12(14)2;1-10-5-3-4-6-12(10)18(13(19)11(2)14)9-17-8-15-7-16-17/h4-9,13H,10H2,1-3H3;3-8,11H,9H2,1-2H3. The minimum absolute atomic E-state index is 0.130. The van der Waals surface area contributed by atoms with Gasteiger partial charge in [0.15, 0.2) is 0 Å². The van der Waals surface area contributed by atoms with Gasteiger partial charge in [-0.2, -0.15) is 10.2 Å². The first-order valence-corrected chi connectivity index (χ1v) is 13.3. The lowest BCUT2D eigenvalue weighted by Crippen LogP contribution is -2.37. The topological polar surface area (TPSA) is 89.2 Å². The molecule has 9 nitrogen and oxygen atoms in total. The Morgan fingerprint density at radius 2 is 1.28 bits per heavy atom. The molecular formula is C28H33Cl2N7O2. The van der Waals surface area contributed by atoms with Crippen LogP contribution in [0.2, 0.25) is 0 Å². The molecule has 0 saturated carbocycles. The molecule has 11 heteroatoms. The van der Waals surface area contributed by atoms with E-state index in [0.29, 0.717) is 13.3 Å². The predicted octanol–water partition coefficient (Wildman–Crippen LogP) is 5.32. The first-order valence-electron chi connectivity index (χ1n) is 12.4. The van der Waals surface area contributed by atoms with Crippen LogP contribution in [0.5, 0.6) is 0 Å². The van der Waals surface area contributed by atoms with Crippen molar-refractivity contribution in [2.45, 2.75) is 58.7 Å². The molecule has 0 radical (unpaired) electrons. The van der Waals surface area contributed by atoms with Crippen molar-refractivity contribution in [2.24, 2.45) is 0 Å². The van der Waals surface area contributed by atoms with Crippen LogP contribution in [0.25, 0.3) is 0 Å². The molecule has 0 fully saturated rings. The second-order valence-electron chi connectivity index (χ2n) is 9.11. The fourth-order valence-corrected chi connectivity index (χ4v) is 4.07. The molecular weight excluding hydrogens is 537 g/mol. The molecule has 0 bridgehead atoms. The molecule has 2 heterocycles. The van der Waals surface area contributed by atoms with E-state index < -0.39 is 10.8 Å². The molecule has 206 valence electrons. The van der Waals surface area contributed by atoms with E-state index in [0.717, 1.165) is 28.1 Å². The van der Waals surface area contributed by atoms with Gasteiger partial charge in [0.1, 0.15) is 36.7 Å². The average Bonchev–Trinajstić information content (AvgIpc) is 3.58. The van der Waals surface area contributed by atoms with Crippen LogP contribution in [0, 0.1) is 20.8 Å². The van der Waals surface area contributed by atoms with Crippen LogP contribution in [0.4, 0.5) is 11.4 Å². The smallest absolute Gasteiger partial charge is 0.246 e. The number of rotatable bonds is 8. The Kier molecular flexibility index (Phi) is 10.7. The van der Waals surface area contributed by atoms with E-state index in [-0.39, 0.29) is 11.8 Å². The van der Waals surface area contributed by atoms with Gasteiger partial charge in [0, 0.05) is 17.6 Å². The van der Waals surface area contributed by atoms with Gasteiger partial charge in [0.2, 0.25) is 11.8 Å². The summed E-state index contributed by atoms with van der Waals surface area (Å²) in [4.78, 5) is 31.8. The van der Waals surface area contributed by atoms with Gasteiger partial charge in [-0.15, -0.1) is 23.2 Å². The van der Waals surface area contributed by atoms with E-state index in [1.807, 2.05) is 75.5 Å². The fraction of sp³-hybridized carbons (Fsp3) is 0.321. The van der Waals surface area contributed by atoms with E-state index >= 15 is 0 Å². The first kappa shape index (κ1) is 29.9. The van der Waals surface area contributed by atoms with Gasteiger partial charge in [-0.25, -0.2) is 9.67 Å². The number of halogens is 2. The zero-order valence-corrected chi connectivity index (χ0v) is 24.2. The van der Waals surface area contributed by atoms with Crippen molar-refractivity contribution >= 4 is 46.4 Å². The lowest BCUT2D eigenvalue weighted by Gasteiger charge is -2.25. The first-order chi connectivity index (χ1) is 18.6. The molecule has 0 saturated heterocycles. The Balaban J connectivity index is 0.000000216. The molecule has 2 unspecified atom stereocenters. The van der Waals surface area contributed by atoms with Crippen LogP contribution < -0.4 is 9.80 Å². The number of alkyl halides is 2. The number of amides is 2. The number of hydrogen-bond donors (Lipinski definition) is 0. The van der Waals surface area contributed by atoms with Crippen LogP contribution in [-0.2, 0) is 22.9 Å². The Morgan fingerprint density at radius 3 is 1.67 bits per heavy atom. The van der Waals surface area contributed by atoms with Crippen molar-refractivity contribution in [1.82, 2.24) is 24.5 Å². The minimum Gasteiger partial charge on any atom is -0.291 e. The molecule has 2 aromatic heterocycles. The average molecular weight is 571 g/mol. The predicted molar refractivity (Wildman–Crippen MR) is 155 cm³/mol. The highest BCUT2D eigenvalue weighted by molar-refractivity contribution is 6.33. The lowest BCUT2D eigenvalue weighted by molar-refractivity contribution is -0.119. The second kappa shape index (κ2) is 13.9. The van der Waals surface area contributed by atoms with Gasteiger partial charge in [-0.1, -0.05) is 36.4 Å². The molecule has 4 aromatic rings. The SMILES string of the molecule is Cc1ccccc1N(Cn1cncn1)C(=O)C(C)Cl.Cc1cnn(CN(C(=O)C(C)Cl)c2ccccc2C)c1. The van der Waals surface area contributed by atoms with Crippen molar-refractivity contribution in [3.05, 3.63) is 90.3 Å². The van der Waals surface area contributed by atoms with Crippen LogP contribution in [0.3, 0.4) is 0 Å². The number of anilines is 2. The minimum atomic E-state index is -0.594. The summed E-state index contributed by atoms with van der Waals surface area (Å²) < 4.78 is 3.32. The van der Waals surface area contributed by atoms with Gasteiger partial charge in [-0.3, -0.25) is 24.1 Å². The highest BCUT2D eigenvalue weighted by atomic mass is 35.5. The Morgan fingerprint density at radius 1 is 0.795 bits per heavy atom. The molecule has 2 atom stereocenters. The van der Waals surface area contributed by atoms with Crippen LogP contribution in [0.15, 0.2) is 73.6 Å². The van der Waals surface area contributed by atoms with Crippen LogP contribution in [0.1, 0.15) is 30.5 Å². The lowest BCUT2D eigenvalue weighted by atomic mass is 10.2. The van der Waals surface area contributed by atoms with Crippen molar-refractivity contribution < 1.29 is 9.59 Å². The summed E-state index contributed by atoms with van der Waals surface area (Å²) in [7, 11) is 0. The number of carbonyl (C=O) groups excluding carboxylic acids is 2. The van der Waals surface area contributed by atoms with Crippen molar-refractivity contribution in [1.29, 1.82) is 0 Å². The number of benzene rings is 2. The summed E-state index contributed by atoms with van der Waals surface area (Å²) in [6, 6.07) is 15.4. The highest BCUT2D eigenvalue weighted by Gasteiger charge is 2.23. The third-order valence-electron chi connectivity index (χ3n) is 5.83. The van der Waals surface area contributed by atoms with Gasteiger partial charge in [0.25, 0.3) is 0 Å². The normalized spacial score (nSPS) is 12.2. The maximum Gasteiger partial charge on any atom is 0.246 e. The summed E-state index contributed by atoms with van der Waals surface area (Å²) in [6.45, 7) is 9.89. The molecule has 0 spiro atoms. The number of carbonyl (C=O) groups is 2. The van der Waals surface area contributed by atoms with E-state index in [4.69, 9.17) is 23.2 Å². The Bertz CT molecular complexity index is 1370. The van der Waals surface area contributed by atoms with Gasteiger partial charge < -0.3 is 0 Å². The number of aromatic nitrogens is 5. The second-order valence-corrected chi connectivity index (χ2v) is 10.4. The van der Waals surface area contributed by atoms with E-state index in [9.17, 15) is 9.59 Å². The number of aryl methyl sites for hydroxylation is 3. The van der Waals surface area contributed by atoms with E-state index in [1.165, 1.54) is 6.33 Å². The zero-order valence-electron chi connectivity index (χ0n) is 22.7. The number of para-hydroxylation sites is 2. The summed E-state index contributed by atoms with van der Waals surface area (Å²) in [5, 5.41) is 7.08. The molecule has 0 aliphatic rings. The van der Waals surface area contributed by atoms with Gasteiger partial charge >= 0.3 is 0 Å². The molecule has 4 rings (SSSR count). The van der Waals surface area contributed by atoms with E-state index in [1.54, 1.807) is 45.5 Å². The Labute approximate surface area is 239 Å². The fourth-order valence-electron chi connectivity index (χ4n) is 3.83. The van der Waals surface area contributed by atoms with Crippen LogP contribution >= 0.6 is 23.2 Å². The summed E-state index contributed by atoms with van der Waals surface area (Å²) >= 11 is 11.9. The molecule has 2 aromatic carbocycles. The van der Waals surface area contributed by atoms with E-state index in [2.05, 4.69) is 15.2 Å². The molecule has 0 aliphatic carbocycles. The quantitative estimate of drug-likeness (QED) is 0.268. The number of hydrogen-bond acceptors (Lipinski definition) is 5. The maximum atomic E-state index is 12.4. The Hall–Kier alpha value is -3.69. The molecule has 0 aliphatic heterocycles. The molecule has 39 heavy (non-hydrogen) atoms. The van der Waals surface area contributed by atoms with Gasteiger partial charge in [0.05, 0.1) is 6.20 Å². The largest absolute Gasteiger partial charge is 0.291 e. The summed E-state index contributed by atoms with van der Waals surface area (Å²) in [5.74, 6) is -0.291. The van der Waals surface area contributed by atoms with Crippen molar-refractivity contribution in [2.75, 3.05) is 9.80 Å². The third-order valence-corrected chi connectivity index (χ3v) is 6.20. The molecule has 2 amide bonds. The van der Waals surface area contributed by atoms with Crippen LogP contribution in [-0.4, -0.2) is 47.1 Å². The van der Waals surface area contributed by atoms with Crippen molar-refractivity contribution in [3.63, 3.8) is 0 Å². The number of nitrogens with zero attached hydrogens (tertiary/aromatic N) is 7. The summed E-state index contributed by atoms with van der Waals surface area (Å²) in [5.41, 5.74) is 4.78. The van der Waals surface area contributed by atoms with Gasteiger partial charge in [-0.05, 0) is 63.4 Å². The summed E-state index contributed by atoms with van der Waals surface area (Å²) in [6.07, 6.45) is 6.67. The monoisotopic (exact) mass is 569 g/mol. The molecule has 0 N–H and O–H groups in total. The van der Waals surface area contributed by atoms with Crippen molar-refractivity contribution in [3.8, 4) is 0 Å². The highest BCUT2D eigenvalue weighted by Crippen LogP contribution is 2.23. The maximum absolute atomic E-state index is 12.4. The third kappa shape index (κ3) is 8.15. The zero-order chi connectivity index (χ0) is 28.5.